The summed E-state index contributed by atoms with van der Waals surface area (Å²) in [5, 5.41) is 0. The Bertz CT molecular complexity index is 327. The molecule has 3 unspecified atom stereocenters. The van der Waals surface area contributed by atoms with Gasteiger partial charge in [0.1, 0.15) is 0 Å². The van der Waals surface area contributed by atoms with Crippen LogP contribution in [0.2, 0.25) is 12.6 Å². The van der Waals surface area contributed by atoms with Gasteiger partial charge in [-0.3, -0.25) is 0 Å². The van der Waals surface area contributed by atoms with Crippen molar-refractivity contribution in [1.29, 1.82) is 0 Å². The van der Waals surface area contributed by atoms with Gasteiger partial charge in [0.05, 0.1) is 0 Å². The van der Waals surface area contributed by atoms with Gasteiger partial charge in [-0.1, -0.05) is 26.0 Å². The zero-order valence-corrected chi connectivity index (χ0v) is 12.2. The summed E-state index contributed by atoms with van der Waals surface area (Å²) >= 11 is 0. The van der Waals surface area contributed by atoms with E-state index in [9.17, 15) is 0 Å². The molecule has 3 atom stereocenters. The lowest BCUT2D eigenvalue weighted by Crippen LogP contribution is -2.50. The van der Waals surface area contributed by atoms with E-state index >= 15 is 0 Å². The summed E-state index contributed by atoms with van der Waals surface area (Å²) < 4.78 is 12.3. The Labute approximate surface area is 106 Å². The van der Waals surface area contributed by atoms with E-state index in [0.717, 1.165) is 31.0 Å². The fraction of sp³-hybridized carbons (Fsp3) is 0.857. The molecule has 0 spiro atoms. The van der Waals surface area contributed by atoms with Crippen molar-refractivity contribution in [2.24, 2.45) is 23.2 Å². The molecule has 3 rings (SSSR count). The molecule has 0 aromatic carbocycles. The molecule has 2 fully saturated rings. The van der Waals surface area contributed by atoms with Crippen molar-refractivity contribution in [3.8, 4) is 0 Å². The van der Waals surface area contributed by atoms with Crippen LogP contribution in [0.1, 0.15) is 26.7 Å². The molecule has 0 N–H and O–H groups in total. The standard InChI is InChI=1S/C14H24O2Si/c1-14(2)9-15-17(3,16-10-14)8-13-7-11-4-5-12(13)6-11/h4-5,11-13H,6-10H2,1-3H3. The number of fused-ring (bicyclic) bond motifs is 2. The molecule has 17 heavy (non-hydrogen) atoms. The molecule has 3 heteroatoms. The van der Waals surface area contributed by atoms with Crippen molar-refractivity contribution < 1.29 is 8.85 Å². The van der Waals surface area contributed by atoms with E-state index in [-0.39, 0.29) is 5.41 Å². The van der Waals surface area contributed by atoms with Gasteiger partial charge in [0, 0.05) is 18.6 Å². The molecule has 0 amide bonds. The normalized spacial score (nSPS) is 41.9. The summed E-state index contributed by atoms with van der Waals surface area (Å²) in [6, 6.07) is 1.20. The summed E-state index contributed by atoms with van der Waals surface area (Å²) in [5.74, 6) is 2.52. The molecule has 0 radical (unpaired) electrons. The number of hydrogen-bond acceptors (Lipinski definition) is 2. The van der Waals surface area contributed by atoms with E-state index < -0.39 is 8.56 Å². The molecular formula is C14H24O2Si. The van der Waals surface area contributed by atoms with Crippen LogP contribution in [0.15, 0.2) is 12.2 Å². The Kier molecular flexibility index (Phi) is 2.76. The van der Waals surface area contributed by atoms with Gasteiger partial charge < -0.3 is 8.85 Å². The van der Waals surface area contributed by atoms with Gasteiger partial charge in [-0.05, 0) is 43.2 Å². The Morgan fingerprint density at radius 3 is 2.41 bits per heavy atom. The molecule has 0 aromatic rings. The first-order valence-electron chi connectivity index (χ1n) is 6.92. The second-order valence-electron chi connectivity index (χ2n) is 7.12. The van der Waals surface area contributed by atoms with Crippen molar-refractivity contribution in [1.82, 2.24) is 0 Å². The third-order valence-electron chi connectivity index (χ3n) is 4.59. The van der Waals surface area contributed by atoms with Crippen LogP contribution >= 0.6 is 0 Å². The predicted octanol–water partition coefficient (Wildman–Crippen LogP) is 3.34. The van der Waals surface area contributed by atoms with E-state index in [2.05, 4.69) is 32.5 Å². The molecule has 1 saturated carbocycles. The third kappa shape index (κ3) is 2.38. The molecule has 3 aliphatic rings. The van der Waals surface area contributed by atoms with Crippen molar-refractivity contribution in [2.45, 2.75) is 39.3 Å². The first-order chi connectivity index (χ1) is 7.96. The quantitative estimate of drug-likeness (QED) is 0.554. The Morgan fingerprint density at radius 2 is 1.88 bits per heavy atom. The largest absolute Gasteiger partial charge is 0.394 e. The number of allylic oxidation sites excluding steroid dienone is 2. The van der Waals surface area contributed by atoms with Crippen LogP contribution in [-0.4, -0.2) is 21.8 Å². The monoisotopic (exact) mass is 252 g/mol. The van der Waals surface area contributed by atoms with E-state index in [1.807, 2.05) is 0 Å². The Hall–Kier alpha value is -0.123. The third-order valence-corrected chi connectivity index (χ3v) is 7.36. The highest BCUT2D eigenvalue weighted by Crippen LogP contribution is 2.47. The maximum absolute atomic E-state index is 6.14. The van der Waals surface area contributed by atoms with E-state index in [0.29, 0.717) is 0 Å². The molecule has 2 aliphatic carbocycles. The molecule has 1 heterocycles. The summed E-state index contributed by atoms with van der Waals surface area (Å²) in [6.45, 7) is 8.47. The average Bonchev–Trinajstić information content (AvgIpc) is 2.85. The molecule has 0 aromatic heterocycles. The van der Waals surface area contributed by atoms with Crippen LogP contribution in [0.5, 0.6) is 0 Å². The second kappa shape index (κ2) is 3.94. The highest BCUT2D eigenvalue weighted by Gasteiger charge is 2.46. The lowest BCUT2D eigenvalue weighted by Gasteiger charge is -2.41. The van der Waals surface area contributed by atoms with Gasteiger partial charge in [-0.25, -0.2) is 0 Å². The van der Waals surface area contributed by atoms with Gasteiger partial charge in [0.2, 0.25) is 0 Å². The first-order valence-corrected chi connectivity index (χ1v) is 9.44. The zero-order chi connectivity index (χ0) is 12.1. The van der Waals surface area contributed by atoms with Crippen LogP contribution in [-0.2, 0) is 8.85 Å². The van der Waals surface area contributed by atoms with Crippen LogP contribution in [0.3, 0.4) is 0 Å². The van der Waals surface area contributed by atoms with Crippen LogP contribution in [0.4, 0.5) is 0 Å². The number of rotatable bonds is 2. The molecule has 96 valence electrons. The van der Waals surface area contributed by atoms with E-state index in [1.54, 1.807) is 0 Å². The minimum atomic E-state index is -1.86. The highest BCUT2D eigenvalue weighted by molar-refractivity contribution is 6.66. The highest BCUT2D eigenvalue weighted by atomic mass is 28.4. The van der Waals surface area contributed by atoms with Gasteiger partial charge in [0.15, 0.2) is 0 Å². The lowest BCUT2D eigenvalue weighted by atomic mass is 9.96. The lowest BCUT2D eigenvalue weighted by molar-refractivity contribution is 0.0117. The second-order valence-corrected chi connectivity index (χ2v) is 10.4. The minimum absolute atomic E-state index is 0.209. The van der Waals surface area contributed by atoms with Gasteiger partial charge in [-0.15, -0.1) is 0 Å². The average molecular weight is 252 g/mol. The topological polar surface area (TPSA) is 18.5 Å². The molecule has 1 saturated heterocycles. The van der Waals surface area contributed by atoms with Gasteiger partial charge in [0.25, 0.3) is 0 Å². The van der Waals surface area contributed by atoms with Crippen molar-refractivity contribution in [2.75, 3.05) is 13.2 Å². The summed E-state index contributed by atoms with van der Waals surface area (Å²) in [4.78, 5) is 0. The molecular weight excluding hydrogens is 228 g/mol. The van der Waals surface area contributed by atoms with Crippen molar-refractivity contribution in [3.05, 3.63) is 12.2 Å². The van der Waals surface area contributed by atoms with Gasteiger partial charge >= 0.3 is 8.56 Å². The first kappa shape index (κ1) is 11.9. The summed E-state index contributed by atoms with van der Waals surface area (Å²) in [5.41, 5.74) is 0.209. The summed E-state index contributed by atoms with van der Waals surface area (Å²) in [7, 11) is -1.86. The Balaban J connectivity index is 1.60. The maximum Gasteiger partial charge on any atom is 0.335 e. The van der Waals surface area contributed by atoms with Crippen LogP contribution < -0.4 is 0 Å². The van der Waals surface area contributed by atoms with Crippen molar-refractivity contribution >= 4 is 8.56 Å². The van der Waals surface area contributed by atoms with Crippen molar-refractivity contribution in [3.63, 3.8) is 0 Å². The van der Waals surface area contributed by atoms with Gasteiger partial charge in [-0.2, -0.15) is 0 Å². The van der Waals surface area contributed by atoms with Crippen LogP contribution in [0.25, 0.3) is 0 Å². The number of hydrogen-bond donors (Lipinski definition) is 0. The van der Waals surface area contributed by atoms with E-state index in [4.69, 9.17) is 8.85 Å². The maximum atomic E-state index is 6.14. The molecule has 2 nitrogen and oxygen atoms in total. The van der Waals surface area contributed by atoms with E-state index in [1.165, 1.54) is 18.9 Å². The SMILES string of the molecule is CC1(C)CO[Si](C)(CC2CC3C=CC2C3)OC1. The molecule has 1 aliphatic heterocycles. The predicted molar refractivity (Wildman–Crippen MR) is 71.0 cm³/mol. The molecule has 2 bridgehead atoms. The fourth-order valence-corrected chi connectivity index (χ4v) is 6.64. The van der Waals surface area contributed by atoms with Crippen LogP contribution in [0, 0.1) is 23.2 Å². The smallest absolute Gasteiger partial charge is 0.335 e. The Morgan fingerprint density at radius 1 is 1.18 bits per heavy atom. The zero-order valence-electron chi connectivity index (χ0n) is 11.2. The minimum Gasteiger partial charge on any atom is -0.394 e. The fourth-order valence-electron chi connectivity index (χ4n) is 3.50. The summed E-state index contributed by atoms with van der Waals surface area (Å²) in [6.07, 6.45) is 7.61.